The van der Waals surface area contributed by atoms with Crippen molar-refractivity contribution in [2.75, 3.05) is 0 Å². The average Bonchev–Trinajstić information content (AvgIpc) is 1.69. The molecule has 0 aliphatic heterocycles. The Kier molecular flexibility index (Phi) is 27.8. The van der Waals surface area contributed by atoms with E-state index >= 15 is 0 Å². The molecule has 7 heavy (non-hydrogen) atoms. The van der Waals surface area contributed by atoms with Crippen molar-refractivity contribution in [3.8, 4) is 0 Å². The van der Waals surface area contributed by atoms with Crippen LogP contribution in [0, 0.1) is 0 Å². The van der Waals surface area contributed by atoms with Crippen LogP contribution in [0.2, 0.25) is 0 Å². The van der Waals surface area contributed by atoms with Gasteiger partial charge in [-0.05, 0) is 0 Å². The van der Waals surface area contributed by atoms with Crippen molar-refractivity contribution in [1.82, 2.24) is 0 Å². The van der Waals surface area contributed by atoms with Crippen molar-refractivity contribution in [3.05, 3.63) is 25.3 Å². The summed E-state index contributed by atoms with van der Waals surface area (Å²) in [6, 6.07) is 0. The standard InChI is InChI=1S/C4H6.CO2/c1-3-4-2;2-1-3/h3-4H,1-2H2;. The lowest BCUT2D eigenvalue weighted by Gasteiger charge is -1.44. The highest BCUT2D eigenvalue weighted by Crippen LogP contribution is 1.52. The van der Waals surface area contributed by atoms with Crippen LogP contribution in [0.5, 0.6) is 0 Å². The van der Waals surface area contributed by atoms with Crippen molar-refractivity contribution < 1.29 is 9.59 Å². The number of hydrogen-bond donors (Lipinski definition) is 0. The van der Waals surface area contributed by atoms with Crippen LogP contribution in [0.15, 0.2) is 25.3 Å². The molecule has 38 valence electrons. The number of hydrogen-bond acceptors (Lipinski definition) is 2. The van der Waals surface area contributed by atoms with Crippen LogP contribution in [-0.2, 0) is 9.59 Å². The lowest BCUT2D eigenvalue weighted by atomic mass is 10.6. The maximum atomic E-state index is 8.12. The highest BCUT2D eigenvalue weighted by atomic mass is 16.2. The summed E-state index contributed by atoms with van der Waals surface area (Å²) in [7, 11) is 0. The molecule has 0 rings (SSSR count). The van der Waals surface area contributed by atoms with E-state index in [2.05, 4.69) is 13.2 Å². The van der Waals surface area contributed by atoms with Gasteiger partial charge >= 0.3 is 6.15 Å². The zero-order chi connectivity index (χ0) is 6.12. The van der Waals surface area contributed by atoms with Gasteiger partial charge in [0, 0.05) is 0 Å². The molecular formula is C5H6O2. The molecule has 0 aromatic rings. The first-order chi connectivity index (χ1) is 3.33. The summed E-state index contributed by atoms with van der Waals surface area (Å²) >= 11 is 0. The van der Waals surface area contributed by atoms with Gasteiger partial charge in [-0.2, -0.15) is 9.59 Å². The SMILES string of the molecule is C=CC=C.O=C=O. The van der Waals surface area contributed by atoms with Gasteiger partial charge in [-0.15, -0.1) is 0 Å². The quantitative estimate of drug-likeness (QED) is 0.454. The minimum atomic E-state index is 0.250. The third-order valence-electron chi connectivity index (χ3n) is 0.167. The molecule has 0 bridgehead atoms. The van der Waals surface area contributed by atoms with Gasteiger partial charge in [-0.25, -0.2) is 0 Å². The second-order valence-electron chi connectivity index (χ2n) is 0.555. The summed E-state index contributed by atoms with van der Waals surface area (Å²) in [6.07, 6.45) is 3.53. The molecule has 0 aliphatic rings. The molecule has 0 amide bonds. The Morgan fingerprint density at radius 1 is 1.14 bits per heavy atom. The maximum Gasteiger partial charge on any atom is 0.373 e. The van der Waals surface area contributed by atoms with Crippen LogP contribution < -0.4 is 0 Å². The first-order valence-electron chi connectivity index (χ1n) is 1.56. The summed E-state index contributed by atoms with van der Waals surface area (Å²) in [6.45, 7) is 6.72. The van der Waals surface area contributed by atoms with E-state index in [-0.39, 0.29) is 6.15 Å². The van der Waals surface area contributed by atoms with Gasteiger partial charge in [-0.1, -0.05) is 25.3 Å². The Labute approximate surface area is 42.1 Å². The molecule has 0 unspecified atom stereocenters. The molecular weight excluding hydrogens is 92.1 g/mol. The van der Waals surface area contributed by atoms with Crippen LogP contribution in [0.1, 0.15) is 0 Å². The van der Waals surface area contributed by atoms with Gasteiger partial charge < -0.3 is 0 Å². The number of allylic oxidation sites excluding steroid dienone is 2. The number of rotatable bonds is 1. The lowest BCUT2D eigenvalue weighted by molar-refractivity contribution is -0.191. The largest absolute Gasteiger partial charge is 0.373 e. The third kappa shape index (κ3) is 2030. The molecule has 2 heteroatoms. The maximum absolute atomic E-state index is 8.12. The van der Waals surface area contributed by atoms with Gasteiger partial charge in [-0.3, -0.25) is 0 Å². The minimum absolute atomic E-state index is 0.250. The van der Waals surface area contributed by atoms with E-state index in [9.17, 15) is 0 Å². The normalized spacial score (nSPS) is 4.00. The van der Waals surface area contributed by atoms with E-state index in [1.165, 1.54) is 0 Å². The van der Waals surface area contributed by atoms with E-state index in [0.717, 1.165) is 0 Å². The van der Waals surface area contributed by atoms with Gasteiger partial charge in [0.15, 0.2) is 0 Å². The molecule has 0 aromatic carbocycles. The monoisotopic (exact) mass is 98.0 g/mol. The van der Waals surface area contributed by atoms with E-state index in [4.69, 9.17) is 9.59 Å². The average molecular weight is 98.1 g/mol. The van der Waals surface area contributed by atoms with Gasteiger partial charge in [0.2, 0.25) is 0 Å². The third-order valence-corrected chi connectivity index (χ3v) is 0.167. The molecule has 0 N–H and O–H groups in total. The summed E-state index contributed by atoms with van der Waals surface area (Å²) in [5.41, 5.74) is 0. The van der Waals surface area contributed by atoms with Crippen LogP contribution in [0.25, 0.3) is 0 Å². The van der Waals surface area contributed by atoms with Crippen molar-refractivity contribution in [3.63, 3.8) is 0 Å². The first kappa shape index (κ1) is 9.29. The molecule has 2 nitrogen and oxygen atoms in total. The molecule has 0 aliphatic carbocycles. The van der Waals surface area contributed by atoms with Crippen molar-refractivity contribution >= 4 is 6.15 Å². The zero-order valence-electron chi connectivity index (χ0n) is 3.89. The Bertz CT molecular complexity index is 72.1. The van der Waals surface area contributed by atoms with Crippen molar-refractivity contribution in [1.29, 1.82) is 0 Å². The molecule has 0 aromatic heterocycles. The Morgan fingerprint density at radius 3 is 1.29 bits per heavy atom. The summed E-state index contributed by atoms with van der Waals surface area (Å²) < 4.78 is 0. The Balaban J connectivity index is 0. The topological polar surface area (TPSA) is 34.1 Å². The summed E-state index contributed by atoms with van der Waals surface area (Å²) in [5.74, 6) is 0. The van der Waals surface area contributed by atoms with E-state index in [0.29, 0.717) is 0 Å². The highest BCUT2D eigenvalue weighted by Gasteiger charge is 1.29. The van der Waals surface area contributed by atoms with Crippen LogP contribution in [0.4, 0.5) is 0 Å². The van der Waals surface area contributed by atoms with Crippen LogP contribution in [-0.4, -0.2) is 6.15 Å². The Morgan fingerprint density at radius 2 is 1.29 bits per heavy atom. The van der Waals surface area contributed by atoms with Crippen molar-refractivity contribution in [2.45, 2.75) is 0 Å². The Hall–Kier alpha value is -1.14. The van der Waals surface area contributed by atoms with Crippen LogP contribution >= 0.6 is 0 Å². The van der Waals surface area contributed by atoms with Crippen LogP contribution in [0.3, 0.4) is 0 Å². The number of carbonyl (C=O) groups excluding carboxylic acids is 2. The summed E-state index contributed by atoms with van der Waals surface area (Å²) in [5, 5.41) is 0. The van der Waals surface area contributed by atoms with Gasteiger partial charge in [0.05, 0.1) is 0 Å². The smallest absolute Gasteiger partial charge is 0.186 e. The zero-order valence-corrected chi connectivity index (χ0v) is 3.89. The molecule has 0 fully saturated rings. The first-order valence-corrected chi connectivity index (χ1v) is 1.56. The fraction of sp³-hybridized carbons (Fsp3) is 0. The minimum Gasteiger partial charge on any atom is -0.186 e. The molecule has 0 radical (unpaired) electrons. The molecule has 0 heterocycles. The highest BCUT2D eigenvalue weighted by molar-refractivity contribution is 5.20. The van der Waals surface area contributed by atoms with Gasteiger partial charge in [0.1, 0.15) is 0 Å². The van der Waals surface area contributed by atoms with Crippen molar-refractivity contribution in [2.24, 2.45) is 0 Å². The molecule has 0 atom stereocenters. The second-order valence-corrected chi connectivity index (χ2v) is 0.555. The predicted molar refractivity (Wildman–Crippen MR) is 25.4 cm³/mol. The molecule has 0 saturated carbocycles. The van der Waals surface area contributed by atoms with E-state index in [1.807, 2.05) is 0 Å². The van der Waals surface area contributed by atoms with Gasteiger partial charge in [0.25, 0.3) is 0 Å². The van der Waals surface area contributed by atoms with E-state index < -0.39 is 0 Å². The fourth-order valence-electron chi connectivity index (χ4n) is 0. The molecule has 0 spiro atoms. The predicted octanol–water partition coefficient (Wildman–Crippen LogP) is 0.775. The second kappa shape index (κ2) is 20.9. The fourth-order valence-corrected chi connectivity index (χ4v) is 0. The molecule has 0 saturated heterocycles. The lowest BCUT2D eigenvalue weighted by Crippen LogP contribution is -1.22. The summed E-state index contributed by atoms with van der Waals surface area (Å²) in [4.78, 5) is 16.2. The van der Waals surface area contributed by atoms with E-state index in [1.54, 1.807) is 12.2 Å².